The zero-order valence-corrected chi connectivity index (χ0v) is 13.5. The molecule has 0 aliphatic carbocycles. The van der Waals surface area contributed by atoms with Gasteiger partial charge >= 0.3 is 0 Å². The van der Waals surface area contributed by atoms with Gasteiger partial charge in [-0.25, -0.2) is 0 Å². The third-order valence-corrected chi connectivity index (χ3v) is 5.07. The van der Waals surface area contributed by atoms with Gasteiger partial charge in [-0.1, -0.05) is 18.2 Å². The number of carbonyl (C=O) groups is 1. The summed E-state index contributed by atoms with van der Waals surface area (Å²) in [5.74, 6) is 0.263. The van der Waals surface area contributed by atoms with E-state index >= 15 is 0 Å². The van der Waals surface area contributed by atoms with E-state index < -0.39 is 0 Å². The van der Waals surface area contributed by atoms with Crippen LogP contribution >= 0.6 is 0 Å². The Kier molecular flexibility index (Phi) is 3.45. The molecule has 1 aromatic carbocycles. The molecule has 1 unspecified atom stereocenters. The van der Waals surface area contributed by atoms with Crippen molar-refractivity contribution in [2.24, 2.45) is 12.5 Å². The SMILES string of the molecule is Cn1cc(CN2CCC3(CC(=O)N(c4ccccc4)C3)C2)cn1. The van der Waals surface area contributed by atoms with E-state index in [1.807, 2.05) is 53.2 Å². The van der Waals surface area contributed by atoms with E-state index in [-0.39, 0.29) is 11.3 Å². The van der Waals surface area contributed by atoms with Crippen molar-refractivity contribution in [1.82, 2.24) is 14.7 Å². The summed E-state index contributed by atoms with van der Waals surface area (Å²) in [6.07, 6.45) is 5.77. The predicted molar refractivity (Wildman–Crippen MR) is 88.9 cm³/mol. The maximum atomic E-state index is 12.5. The number of para-hydroxylation sites is 1. The minimum Gasteiger partial charge on any atom is -0.312 e. The normalized spacial score (nSPS) is 24.9. The van der Waals surface area contributed by atoms with Crippen LogP contribution in [-0.2, 0) is 18.4 Å². The highest BCUT2D eigenvalue weighted by Crippen LogP contribution is 2.42. The van der Waals surface area contributed by atoms with Gasteiger partial charge in [0.25, 0.3) is 0 Å². The van der Waals surface area contributed by atoms with Gasteiger partial charge in [0.2, 0.25) is 5.91 Å². The summed E-state index contributed by atoms with van der Waals surface area (Å²) in [7, 11) is 1.95. The van der Waals surface area contributed by atoms with Gasteiger partial charge in [-0.15, -0.1) is 0 Å². The topological polar surface area (TPSA) is 41.4 Å². The Labute approximate surface area is 136 Å². The molecule has 0 radical (unpaired) electrons. The third-order valence-electron chi connectivity index (χ3n) is 5.07. The molecule has 5 heteroatoms. The molecule has 2 aliphatic rings. The first-order chi connectivity index (χ1) is 11.1. The quantitative estimate of drug-likeness (QED) is 0.871. The Balaban J connectivity index is 1.45. The van der Waals surface area contributed by atoms with Crippen molar-refractivity contribution in [3.05, 3.63) is 48.3 Å². The molecule has 1 amide bonds. The first-order valence-electron chi connectivity index (χ1n) is 8.19. The van der Waals surface area contributed by atoms with Crippen molar-refractivity contribution in [2.75, 3.05) is 24.5 Å². The van der Waals surface area contributed by atoms with Crippen molar-refractivity contribution in [3.8, 4) is 0 Å². The summed E-state index contributed by atoms with van der Waals surface area (Å²) in [6, 6.07) is 10.0. The second kappa shape index (κ2) is 5.49. The Morgan fingerprint density at radius 3 is 2.78 bits per heavy atom. The lowest BCUT2D eigenvalue weighted by molar-refractivity contribution is -0.117. The van der Waals surface area contributed by atoms with Gasteiger partial charge in [0, 0.05) is 56.0 Å². The molecule has 120 valence electrons. The van der Waals surface area contributed by atoms with E-state index in [2.05, 4.69) is 16.2 Å². The largest absolute Gasteiger partial charge is 0.312 e. The minimum atomic E-state index is 0.120. The molecule has 1 aromatic heterocycles. The molecule has 2 aromatic rings. The van der Waals surface area contributed by atoms with Crippen LogP contribution in [0.2, 0.25) is 0 Å². The van der Waals surface area contributed by atoms with Crippen LogP contribution in [0.1, 0.15) is 18.4 Å². The number of likely N-dealkylation sites (tertiary alicyclic amines) is 1. The second-order valence-corrected chi connectivity index (χ2v) is 6.98. The van der Waals surface area contributed by atoms with Crippen LogP contribution in [0.3, 0.4) is 0 Å². The highest BCUT2D eigenvalue weighted by atomic mass is 16.2. The number of hydrogen-bond acceptors (Lipinski definition) is 3. The van der Waals surface area contributed by atoms with E-state index in [0.717, 1.165) is 38.3 Å². The van der Waals surface area contributed by atoms with E-state index in [0.29, 0.717) is 6.42 Å². The number of nitrogens with zero attached hydrogens (tertiary/aromatic N) is 4. The van der Waals surface area contributed by atoms with E-state index in [1.54, 1.807) is 0 Å². The third kappa shape index (κ3) is 2.77. The minimum absolute atomic E-state index is 0.120. The fraction of sp³-hybridized carbons (Fsp3) is 0.444. The van der Waals surface area contributed by atoms with Gasteiger partial charge in [0.1, 0.15) is 0 Å². The number of rotatable bonds is 3. The van der Waals surface area contributed by atoms with Gasteiger partial charge < -0.3 is 4.90 Å². The van der Waals surface area contributed by atoms with Gasteiger partial charge in [-0.05, 0) is 25.1 Å². The summed E-state index contributed by atoms with van der Waals surface area (Å²) in [5, 5.41) is 4.24. The summed E-state index contributed by atoms with van der Waals surface area (Å²) in [5.41, 5.74) is 2.39. The molecule has 0 bridgehead atoms. The van der Waals surface area contributed by atoms with Gasteiger partial charge in [0.15, 0.2) is 0 Å². The number of aryl methyl sites for hydroxylation is 1. The molecule has 23 heavy (non-hydrogen) atoms. The van der Waals surface area contributed by atoms with E-state index in [9.17, 15) is 4.79 Å². The molecule has 5 nitrogen and oxygen atoms in total. The summed E-state index contributed by atoms with van der Waals surface area (Å²) < 4.78 is 1.84. The smallest absolute Gasteiger partial charge is 0.227 e. The molecule has 2 saturated heterocycles. The van der Waals surface area contributed by atoms with Crippen LogP contribution < -0.4 is 4.90 Å². The maximum Gasteiger partial charge on any atom is 0.227 e. The summed E-state index contributed by atoms with van der Waals surface area (Å²) in [6.45, 7) is 3.83. The predicted octanol–water partition coefficient (Wildman–Crippen LogP) is 2.05. The Hall–Kier alpha value is -2.14. The van der Waals surface area contributed by atoms with Crippen LogP contribution in [0, 0.1) is 5.41 Å². The monoisotopic (exact) mass is 310 g/mol. The zero-order chi connectivity index (χ0) is 15.9. The number of anilines is 1. The van der Waals surface area contributed by atoms with Crippen molar-refractivity contribution >= 4 is 11.6 Å². The maximum absolute atomic E-state index is 12.5. The van der Waals surface area contributed by atoms with Crippen LogP contribution in [0.15, 0.2) is 42.7 Å². The summed E-state index contributed by atoms with van der Waals surface area (Å²) >= 11 is 0. The van der Waals surface area contributed by atoms with Crippen molar-refractivity contribution in [1.29, 1.82) is 0 Å². The van der Waals surface area contributed by atoms with E-state index in [4.69, 9.17) is 0 Å². The number of benzene rings is 1. The van der Waals surface area contributed by atoms with Crippen LogP contribution in [0.5, 0.6) is 0 Å². The molecule has 4 rings (SSSR count). The van der Waals surface area contributed by atoms with Gasteiger partial charge in [0.05, 0.1) is 6.20 Å². The Bertz CT molecular complexity index is 711. The van der Waals surface area contributed by atoms with Crippen LogP contribution in [-0.4, -0.2) is 40.2 Å². The fourth-order valence-electron chi connectivity index (χ4n) is 3.99. The molecular formula is C18H22N4O. The Morgan fingerprint density at radius 1 is 1.22 bits per heavy atom. The van der Waals surface area contributed by atoms with Gasteiger partial charge in [-0.3, -0.25) is 14.4 Å². The lowest BCUT2D eigenvalue weighted by atomic mass is 9.86. The van der Waals surface area contributed by atoms with Crippen LogP contribution in [0.25, 0.3) is 0 Å². The second-order valence-electron chi connectivity index (χ2n) is 6.98. The van der Waals surface area contributed by atoms with Crippen molar-refractivity contribution in [3.63, 3.8) is 0 Å². The highest BCUT2D eigenvalue weighted by Gasteiger charge is 2.47. The fourth-order valence-corrected chi connectivity index (χ4v) is 3.99. The lowest BCUT2D eigenvalue weighted by Gasteiger charge is -2.24. The molecule has 1 spiro atoms. The van der Waals surface area contributed by atoms with Crippen molar-refractivity contribution < 1.29 is 4.79 Å². The molecular weight excluding hydrogens is 288 g/mol. The molecule has 2 aliphatic heterocycles. The number of aromatic nitrogens is 2. The molecule has 0 saturated carbocycles. The summed E-state index contributed by atoms with van der Waals surface area (Å²) in [4.78, 5) is 16.9. The molecule has 0 N–H and O–H groups in total. The number of hydrogen-bond donors (Lipinski definition) is 0. The Morgan fingerprint density at radius 2 is 2.04 bits per heavy atom. The standard InChI is InChI=1S/C18H22N4O/c1-20-11-15(10-19-20)12-21-8-7-18(13-21)9-17(23)22(14-18)16-5-3-2-4-6-16/h2-6,10-11H,7-9,12-14H2,1H3. The zero-order valence-electron chi connectivity index (χ0n) is 13.5. The van der Waals surface area contributed by atoms with Crippen LogP contribution in [0.4, 0.5) is 5.69 Å². The molecule has 2 fully saturated rings. The number of carbonyl (C=O) groups excluding carboxylic acids is 1. The van der Waals surface area contributed by atoms with Crippen molar-refractivity contribution in [2.45, 2.75) is 19.4 Å². The lowest BCUT2D eigenvalue weighted by Crippen LogP contribution is -2.31. The average molecular weight is 310 g/mol. The highest BCUT2D eigenvalue weighted by molar-refractivity contribution is 5.96. The van der Waals surface area contributed by atoms with E-state index in [1.165, 1.54) is 5.56 Å². The first-order valence-corrected chi connectivity index (χ1v) is 8.19. The number of amides is 1. The molecule has 1 atom stereocenters. The average Bonchev–Trinajstić information content (AvgIpc) is 3.22. The van der Waals surface area contributed by atoms with Gasteiger partial charge in [-0.2, -0.15) is 5.10 Å². The first kappa shape index (κ1) is 14.5. The molecule has 3 heterocycles.